The SMILES string of the molecule is C[C@@H]1CC[C@@]2(OC1)O[C@H]1C[C@H]3[C@]4(C)CC[C@H]5C[C@H](NC(=O)CC(=O)NCCc6ccc(O)cc6)CC[C@]5(C)[C@H]4CC[C@]3(C)[C@H]1[C@@H]2C. The fourth-order valence-corrected chi connectivity index (χ4v) is 12.6. The van der Waals surface area contributed by atoms with Crippen LogP contribution in [0.5, 0.6) is 5.75 Å². The number of hydrogen-bond donors (Lipinski definition) is 3. The number of carbonyl (C=O) groups is 2. The summed E-state index contributed by atoms with van der Waals surface area (Å²) in [6, 6.07) is 7.14. The van der Waals surface area contributed by atoms with Crippen LogP contribution in [0.15, 0.2) is 24.3 Å². The van der Waals surface area contributed by atoms with Gasteiger partial charge in [-0.25, -0.2) is 0 Å². The van der Waals surface area contributed by atoms with Gasteiger partial charge < -0.3 is 25.2 Å². The predicted octanol–water partition coefficient (Wildman–Crippen LogP) is 6.76. The number of nitrogens with one attached hydrogen (secondary N) is 2. The summed E-state index contributed by atoms with van der Waals surface area (Å²) in [5.74, 6) is 3.18. The first-order valence-corrected chi connectivity index (χ1v) is 18.5. The largest absolute Gasteiger partial charge is 0.508 e. The second kappa shape index (κ2) is 11.8. The van der Waals surface area contributed by atoms with E-state index < -0.39 is 0 Å². The van der Waals surface area contributed by atoms with Crippen molar-refractivity contribution in [2.45, 2.75) is 130 Å². The van der Waals surface area contributed by atoms with E-state index in [1.165, 1.54) is 38.5 Å². The van der Waals surface area contributed by atoms with E-state index in [-0.39, 0.29) is 35.8 Å². The maximum Gasteiger partial charge on any atom is 0.229 e. The lowest BCUT2D eigenvalue weighted by atomic mass is 9.39. The molecule has 3 N–H and O–H groups in total. The Morgan fingerprint density at radius 1 is 0.870 bits per heavy atom. The average molecular weight is 635 g/mol. The Morgan fingerprint density at radius 2 is 1.61 bits per heavy atom. The highest BCUT2D eigenvalue weighted by atomic mass is 16.7. The third-order valence-electron chi connectivity index (χ3n) is 14.9. The molecule has 2 heterocycles. The molecular weight excluding hydrogens is 576 g/mol. The summed E-state index contributed by atoms with van der Waals surface area (Å²) in [5, 5.41) is 15.6. The van der Waals surface area contributed by atoms with Gasteiger partial charge in [0.2, 0.25) is 11.8 Å². The minimum absolute atomic E-state index is 0.122. The number of benzene rings is 1. The molecule has 7 nitrogen and oxygen atoms in total. The zero-order valence-corrected chi connectivity index (χ0v) is 28.9. The van der Waals surface area contributed by atoms with Gasteiger partial charge in [-0.3, -0.25) is 9.59 Å². The van der Waals surface area contributed by atoms with Crippen LogP contribution in [-0.2, 0) is 25.5 Å². The molecule has 0 unspecified atom stereocenters. The van der Waals surface area contributed by atoms with Gasteiger partial charge in [0.05, 0.1) is 12.7 Å². The summed E-state index contributed by atoms with van der Waals surface area (Å²) in [5.41, 5.74) is 1.98. The molecule has 4 saturated carbocycles. The lowest BCUT2D eigenvalue weighted by Gasteiger charge is -2.66. The third kappa shape index (κ3) is 5.30. The maximum absolute atomic E-state index is 12.9. The highest BCUT2D eigenvalue weighted by molar-refractivity contribution is 5.96. The molecular formula is C39H58N2O5. The molecule has 4 aliphatic carbocycles. The first-order valence-electron chi connectivity index (χ1n) is 18.5. The van der Waals surface area contributed by atoms with Gasteiger partial charge in [-0.2, -0.15) is 0 Å². The molecule has 254 valence electrons. The Morgan fingerprint density at radius 3 is 2.35 bits per heavy atom. The van der Waals surface area contributed by atoms with Gasteiger partial charge in [-0.05, 0) is 128 Å². The van der Waals surface area contributed by atoms with Gasteiger partial charge in [0.15, 0.2) is 5.79 Å². The summed E-state index contributed by atoms with van der Waals surface area (Å²) in [7, 11) is 0. The molecule has 6 fully saturated rings. The number of hydrogen-bond acceptors (Lipinski definition) is 5. The van der Waals surface area contributed by atoms with Gasteiger partial charge in [-0.15, -0.1) is 0 Å². The molecule has 2 aliphatic heterocycles. The molecule has 7 heteroatoms. The molecule has 0 aromatic heterocycles. The normalized spacial score (nSPS) is 46.1. The predicted molar refractivity (Wildman–Crippen MR) is 178 cm³/mol. The second-order valence-electron chi connectivity index (χ2n) is 17.4. The third-order valence-corrected chi connectivity index (χ3v) is 14.9. The van der Waals surface area contributed by atoms with Gasteiger partial charge >= 0.3 is 0 Å². The summed E-state index contributed by atoms with van der Waals surface area (Å²) in [6.07, 6.45) is 12.6. The summed E-state index contributed by atoms with van der Waals surface area (Å²) in [6.45, 7) is 13.9. The van der Waals surface area contributed by atoms with Crippen LogP contribution >= 0.6 is 0 Å². The van der Waals surface area contributed by atoms with Crippen molar-refractivity contribution < 1.29 is 24.2 Å². The first kappa shape index (κ1) is 32.4. The summed E-state index contributed by atoms with van der Waals surface area (Å²) >= 11 is 0. The van der Waals surface area contributed by atoms with Crippen LogP contribution in [0, 0.1) is 51.8 Å². The minimum atomic E-state index is -0.353. The van der Waals surface area contributed by atoms with Crippen molar-refractivity contribution in [3.63, 3.8) is 0 Å². The standard InChI is InChI=1S/C39H58N2O5/c1-24-10-18-39(45-23-24)25(2)35-30(46-39)21-32-37(4)15-11-27-20-28(12-16-36(27,3)31(37)13-17-38(32,35)5)41-34(44)22-33(43)40-19-14-26-6-8-29(42)9-7-26/h6-9,24-25,27-28,30-32,35,42H,10-23H2,1-5H3,(H,40,43)(H,41,44)/t24-,25+,27+,28-,30+,31-,32+,35+,36+,37-,38+,39-/m1/s1. The molecule has 2 saturated heterocycles. The highest BCUT2D eigenvalue weighted by Gasteiger charge is 2.71. The fraction of sp³-hybridized carbons (Fsp3) is 0.795. The number of phenols is 1. The molecule has 1 spiro atoms. The molecule has 12 atom stereocenters. The molecule has 0 bridgehead atoms. The van der Waals surface area contributed by atoms with Crippen LogP contribution in [0.25, 0.3) is 0 Å². The highest BCUT2D eigenvalue weighted by Crippen LogP contribution is 2.75. The Hall–Kier alpha value is -2.12. The quantitative estimate of drug-likeness (QED) is 0.301. The van der Waals surface area contributed by atoms with Crippen molar-refractivity contribution in [1.29, 1.82) is 0 Å². The van der Waals surface area contributed by atoms with Crippen molar-refractivity contribution in [1.82, 2.24) is 10.6 Å². The topological polar surface area (TPSA) is 96.9 Å². The van der Waals surface area contributed by atoms with Gasteiger partial charge in [0.25, 0.3) is 0 Å². The van der Waals surface area contributed by atoms with Gasteiger partial charge in [0, 0.05) is 24.9 Å². The molecule has 46 heavy (non-hydrogen) atoms. The number of rotatable bonds is 6. The lowest BCUT2D eigenvalue weighted by molar-refractivity contribution is -0.274. The van der Waals surface area contributed by atoms with E-state index in [0.717, 1.165) is 37.9 Å². The van der Waals surface area contributed by atoms with E-state index in [4.69, 9.17) is 9.47 Å². The van der Waals surface area contributed by atoms with Crippen molar-refractivity contribution >= 4 is 11.8 Å². The van der Waals surface area contributed by atoms with E-state index >= 15 is 0 Å². The number of carbonyl (C=O) groups excluding carboxylic acids is 2. The number of phenolic OH excluding ortho intramolecular Hbond substituents is 1. The number of aromatic hydroxyl groups is 1. The van der Waals surface area contributed by atoms with Crippen LogP contribution in [0.4, 0.5) is 0 Å². The van der Waals surface area contributed by atoms with Crippen molar-refractivity contribution in [2.24, 2.45) is 51.8 Å². The molecule has 6 aliphatic rings. The zero-order chi connectivity index (χ0) is 32.5. The lowest BCUT2D eigenvalue weighted by Crippen LogP contribution is -2.60. The van der Waals surface area contributed by atoms with E-state index in [9.17, 15) is 14.7 Å². The van der Waals surface area contributed by atoms with Crippen LogP contribution in [0.1, 0.15) is 111 Å². The number of fused-ring (bicyclic) bond motifs is 7. The van der Waals surface area contributed by atoms with E-state index in [2.05, 4.69) is 45.3 Å². The minimum Gasteiger partial charge on any atom is -0.508 e. The van der Waals surface area contributed by atoms with Gasteiger partial charge in [0.1, 0.15) is 12.2 Å². The average Bonchev–Trinajstić information content (AvgIpc) is 3.46. The van der Waals surface area contributed by atoms with Crippen molar-refractivity contribution in [2.75, 3.05) is 13.2 Å². The molecule has 2 amide bonds. The smallest absolute Gasteiger partial charge is 0.229 e. The summed E-state index contributed by atoms with van der Waals surface area (Å²) < 4.78 is 13.6. The van der Waals surface area contributed by atoms with Crippen LogP contribution < -0.4 is 10.6 Å². The van der Waals surface area contributed by atoms with Crippen molar-refractivity contribution in [3.05, 3.63) is 29.8 Å². The van der Waals surface area contributed by atoms with Crippen LogP contribution in [-0.4, -0.2) is 48.0 Å². The Balaban J connectivity index is 0.943. The van der Waals surface area contributed by atoms with Crippen LogP contribution in [0.2, 0.25) is 0 Å². The van der Waals surface area contributed by atoms with E-state index in [0.29, 0.717) is 70.8 Å². The molecule has 1 aromatic carbocycles. The maximum atomic E-state index is 12.9. The Labute approximate surface area is 276 Å². The Bertz CT molecular complexity index is 1310. The zero-order valence-electron chi connectivity index (χ0n) is 28.9. The Kier molecular flexibility index (Phi) is 8.31. The molecule has 1 aromatic rings. The monoisotopic (exact) mass is 634 g/mol. The van der Waals surface area contributed by atoms with Gasteiger partial charge in [-0.1, -0.05) is 46.8 Å². The summed E-state index contributed by atoms with van der Waals surface area (Å²) in [4.78, 5) is 25.4. The number of amides is 2. The molecule has 0 radical (unpaired) electrons. The fourth-order valence-electron chi connectivity index (χ4n) is 12.6. The molecule has 7 rings (SSSR count). The van der Waals surface area contributed by atoms with Crippen LogP contribution in [0.3, 0.4) is 0 Å². The van der Waals surface area contributed by atoms with E-state index in [1.54, 1.807) is 12.1 Å². The van der Waals surface area contributed by atoms with Crippen molar-refractivity contribution in [3.8, 4) is 5.75 Å². The first-order chi connectivity index (χ1) is 21.9. The van der Waals surface area contributed by atoms with E-state index in [1.807, 2.05) is 12.1 Å². The number of ether oxygens (including phenoxy) is 2. The second-order valence-corrected chi connectivity index (χ2v) is 17.4.